The molecule has 0 radical (unpaired) electrons. The summed E-state index contributed by atoms with van der Waals surface area (Å²) in [7, 11) is 0. The summed E-state index contributed by atoms with van der Waals surface area (Å²) < 4.78 is 20.6. The molecular formula is C28H42FN5O3. The fourth-order valence-corrected chi connectivity index (χ4v) is 4.82. The third kappa shape index (κ3) is 7.31. The molecule has 3 rings (SSSR count). The van der Waals surface area contributed by atoms with Crippen LogP contribution in [0, 0.1) is 5.82 Å². The van der Waals surface area contributed by atoms with Crippen molar-refractivity contribution in [2.24, 2.45) is 0 Å². The molecule has 9 heteroatoms. The summed E-state index contributed by atoms with van der Waals surface area (Å²) in [5.41, 5.74) is 2.73. The minimum Gasteiger partial charge on any atom is -0.466 e. The number of esters is 1. The van der Waals surface area contributed by atoms with Gasteiger partial charge in [0.1, 0.15) is 11.6 Å². The highest BCUT2D eigenvalue weighted by Gasteiger charge is 2.29. The lowest BCUT2D eigenvalue weighted by molar-refractivity contribution is -0.145. The average molecular weight is 516 g/mol. The lowest BCUT2D eigenvalue weighted by Crippen LogP contribution is -2.49. The van der Waals surface area contributed by atoms with E-state index in [9.17, 15) is 14.0 Å². The number of nitrogens with zero attached hydrogens (tertiary/aromatic N) is 5. The second-order valence-electron chi connectivity index (χ2n) is 9.73. The number of piperazine rings is 1. The third-order valence-electron chi connectivity index (χ3n) is 6.83. The highest BCUT2D eigenvalue weighted by Crippen LogP contribution is 2.31. The van der Waals surface area contributed by atoms with Gasteiger partial charge in [-0.15, -0.1) is 0 Å². The molecule has 8 nitrogen and oxygen atoms in total. The summed E-state index contributed by atoms with van der Waals surface area (Å²) in [6.07, 6.45) is 1.71. The van der Waals surface area contributed by atoms with Crippen LogP contribution in [0.25, 0.3) is 5.69 Å². The van der Waals surface area contributed by atoms with Gasteiger partial charge in [0.05, 0.1) is 31.0 Å². The van der Waals surface area contributed by atoms with Crippen LogP contribution in [0.2, 0.25) is 0 Å². The number of amides is 1. The zero-order valence-electron chi connectivity index (χ0n) is 23.0. The molecular weight excluding hydrogens is 473 g/mol. The van der Waals surface area contributed by atoms with E-state index in [0.29, 0.717) is 32.2 Å². The zero-order chi connectivity index (χ0) is 26.9. The summed E-state index contributed by atoms with van der Waals surface area (Å²) in [5, 5.41) is 4.96. The van der Waals surface area contributed by atoms with Gasteiger partial charge in [0, 0.05) is 50.7 Å². The van der Waals surface area contributed by atoms with Crippen molar-refractivity contribution in [3.63, 3.8) is 0 Å². The molecule has 1 amide bonds. The van der Waals surface area contributed by atoms with Gasteiger partial charge in [-0.1, -0.05) is 13.8 Å². The molecule has 1 aliphatic heterocycles. The van der Waals surface area contributed by atoms with Crippen molar-refractivity contribution in [1.82, 2.24) is 19.6 Å². The van der Waals surface area contributed by atoms with Gasteiger partial charge in [-0.3, -0.25) is 14.5 Å². The van der Waals surface area contributed by atoms with Gasteiger partial charge >= 0.3 is 5.97 Å². The Balaban J connectivity index is 1.97. The Hall–Kier alpha value is -2.94. The standard InChI is InChI=1S/C28H42FN5O3/c1-6-15-33(26(35)13-14-27(36)37-8-3)20-24-25(7-2)30-34(23-11-9-22(29)10-12-23)28(24)32-18-16-31(17-19-32)21(4)5/h9-12,21H,6-8,13-20H2,1-5H3. The minimum atomic E-state index is -0.352. The van der Waals surface area contributed by atoms with Crippen molar-refractivity contribution < 1.29 is 18.7 Å². The fourth-order valence-electron chi connectivity index (χ4n) is 4.82. The van der Waals surface area contributed by atoms with E-state index >= 15 is 0 Å². The van der Waals surface area contributed by atoms with Gasteiger partial charge in [-0.2, -0.15) is 5.10 Å². The van der Waals surface area contributed by atoms with Crippen LogP contribution < -0.4 is 4.90 Å². The van der Waals surface area contributed by atoms with E-state index in [1.54, 1.807) is 19.1 Å². The molecule has 2 aromatic rings. The minimum absolute atomic E-state index is 0.0675. The summed E-state index contributed by atoms with van der Waals surface area (Å²) >= 11 is 0. The molecule has 0 N–H and O–H groups in total. The predicted octanol–water partition coefficient (Wildman–Crippen LogP) is 4.19. The first-order chi connectivity index (χ1) is 17.8. The number of benzene rings is 1. The smallest absolute Gasteiger partial charge is 0.306 e. The number of hydrogen-bond donors (Lipinski definition) is 0. The first-order valence-electron chi connectivity index (χ1n) is 13.6. The number of halogens is 1. The van der Waals surface area contributed by atoms with E-state index in [1.165, 1.54) is 12.1 Å². The van der Waals surface area contributed by atoms with Gasteiger partial charge in [0.15, 0.2) is 0 Å². The average Bonchev–Trinajstić information content (AvgIpc) is 3.25. The molecule has 0 unspecified atom stereocenters. The second kappa shape index (κ2) is 13.6. The van der Waals surface area contributed by atoms with Crippen LogP contribution in [-0.4, -0.2) is 76.8 Å². The summed E-state index contributed by atoms with van der Waals surface area (Å²) in [4.78, 5) is 31.7. The molecule has 0 atom stereocenters. The van der Waals surface area contributed by atoms with E-state index in [2.05, 4.69) is 30.6 Å². The van der Waals surface area contributed by atoms with E-state index in [4.69, 9.17) is 9.84 Å². The highest BCUT2D eigenvalue weighted by molar-refractivity contribution is 5.81. The number of carbonyl (C=O) groups is 2. The molecule has 1 saturated heterocycles. The van der Waals surface area contributed by atoms with E-state index in [0.717, 1.165) is 55.4 Å². The Kier molecular flexibility index (Phi) is 10.5. The van der Waals surface area contributed by atoms with Crippen molar-refractivity contribution in [3.05, 3.63) is 41.3 Å². The van der Waals surface area contributed by atoms with Crippen molar-refractivity contribution in [3.8, 4) is 5.69 Å². The number of ether oxygens (including phenoxy) is 1. The van der Waals surface area contributed by atoms with Crippen LogP contribution in [0.4, 0.5) is 10.2 Å². The lowest BCUT2D eigenvalue weighted by Gasteiger charge is -2.38. The predicted molar refractivity (Wildman–Crippen MR) is 143 cm³/mol. The van der Waals surface area contributed by atoms with E-state index in [-0.39, 0.29) is 30.5 Å². The maximum absolute atomic E-state index is 13.7. The normalized spacial score (nSPS) is 14.3. The largest absolute Gasteiger partial charge is 0.466 e. The maximum atomic E-state index is 13.7. The maximum Gasteiger partial charge on any atom is 0.306 e. The molecule has 37 heavy (non-hydrogen) atoms. The SMILES string of the molecule is CCCN(Cc1c(CC)nn(-c2ccc(F)cc2)c1N1CCN(C(C)C)CC1)C(=O)CCC(=O)OCC. The zero-order valence-corrected chi connectivity index (χ0v) is 23.0. The highest BCUT2D eigenvalue weighted by atomic mass is 19.1. The van der Waals surface area contributed by atoms with Crippen LogP contribution in [0.3, 0.4) is 0 Å². The first kappa shape index (κ1) is 28.6. The second-order valence-corrected chi connectivity index (χ2v) is 9.73. The molecule has 0 saturated carbocycles. The van der Waals surface area contributed by atoms with Crippen LogP contribution in [0.5, 0.6) is 0 Å². The van der Waals surface area contributed by atoms with Crippen LogP contribution in [0.1, 0.15) is 65.1 Å². The fraction of sp³-hybridized carbons (Fsp3) is 0.607. The lowest BCUT2D eigenvalue weighted by atomic mass is 10.1. The van der Waals surface area contributed by atoms with Gasteiger partial charge in [-0.05, 0) is 57.9 Å². The molecule has 0 bridgehead atoms. The van der Waals surface area contributed by atoms with Crippen LogP contribution in [0.15, 0.2) is 24.3 Å². The van der Waals surface area contributed by atoms with Gasteiger partial charge < -0.3 is 14.5 Å². The van der Waals surface area contributed by atoms with E-state index in [1.807, 2.05) is 16.5 Å². The van der Waals surface area contributed by atoms with Crippen molar-refractivity contribution in [1.29, 1.82) is 0 Å². The van der Waals surface area contributed by atoms with E-state index < -0.39 is 0 Å². The number of aromatic nitrogens is 2. The first-order valence-corrected chi connectivity index (χ1v) is 13.6. The Bertz CT molecular complexity index is 1030. The number of anilines is 1. The third-order valence-corrected chi connectivity index (χ3v) is 6.83. The number of aryl methyl sites for hydroxylation is 1. The Morgan fingerprint density at radius 1 is 1.05 bits per heavy atom. The van der Waals surface area contributed by atoms with Gasteiger partial charge in [-0.25, -0.2) is 9.07 Å². The number of hydrogen-bond acceptors (Lipinski definition) is 6. The molecule has 0 spiro atoms. The van der Waals surface area contributed by atoms with Crippen molar-refractivity contribution in [2.45, 2.75) is 72.9 Å². The Labute approximate surface area is 220 Å². The summed E-state index contributed by atoms with van der Waals surface area (Å²) in [6.45, 7) is 15.2. The summed E-state index contributed by atoms with van der Waals surface area (Å²) in [6, 6.07) is 6.87. The van der Waals surface area contributed by atoms with Crippen LogP contribution in [-0.2, 0) is 27.3 Å². The number of rotatable bonds is 12. The molecule has 2 heterocycles. The van der Waals surface area contributed by atoms with Crippen molar-refractivity contribution in [2.75, 3.05) is 44.2 Å². The topological polar surface area (TPSA) is 70.9 Å². The van der Waals surface area contributed by atoms with Crippen molar-refractivity contribution >= 4 is 17.7 Å². The number of carbonyl (C=O) groups excluding carboxylic acids is 2. The molecule has 1 aromatic carbocycles. The Morgan fingerprint density at radius 2 is 1.73 bits per heavy atom. The van der Waals surface area contributed by atoms with Gasteiger partial charge in [0.25, 0.3) is 0 Å². The van der Waals surface area contributed by atoms with Gasteiger partial charge in [0.2, 0.25) is 5.91 Å². The molecule has 1 fully saturated rings. The monoisotopic (exact) mass is 515 g/mol. The molecule has 1 aromatic heterocycles. The molecule has 204 valence electrons. The Morgan fingerprint density at radius 3 is 2.30 bits per heavy atom. The summed E-state index contributed by atoms with van der Waals surface area (Å²) in [5.74, 6) is 0.253. The quantitative estimate of drug-likeness (QED) is 0.395. The van der Waals surface area contributed by atoms with Crippen LogP contribution >= 0.6 is 0 Å². The molecule has 1 aliphatic rings. The molecule has 0 aliphatic carbocycles.